The van der Waals surface area contributed by atoms with E-state index in [1.807, 2.05) is 0 Å². The fourth-order valence-corrected chi connectivity index (χ4v) is 2.93. The van der Waals surface area contributed by atoms with Gasteiger partial charge in [-0.3, -0.25) is 4.79 Å². The molecule has 0 bridgehead atoms. The Morgan fingerprint density at radius 3 is 2.32 bits per heavy atom. The summed E-state index contributed by atoms with van der Waals surface area (Å²) in [6.45, 7) is 0. The van der Waals surface area contributed by atoms with Gasteiger partial charge in [0.1, 0.15) is 5.82 Å². The highest BCUT2D eigenvalue weighted by atomic mass is 19.1. The second kappa shape index (κ2) is 7.79. The molecule has 1 saturated carbocycles. The monoisotopic (exact) mass is 341 g/mol. The van der Waals surface area contributed by atoms with Gasteiger partial charge in [-0.2, -0.15) is 0 Å². The lowest BCUT2D eigenvalue weighted by atomic mass is 10.2. The first-order valence-electron chi connectivity index (χ1n) is 8.35. The van der Waals surface area contributed by atoms with Crippen molar-refractivity contribution in [2.45, 2.75) is 31.7 Å². The highest BCUT2D eigenvalue weighted by molar-refractivity contribution is 6.05. The fourth-order valence-electron chi connectivity index (χ4n) is 2.93. The number of carbonyl (C=O) groups is 2. The maximum absolute atomic E-state index is 13.2. The van der Waals surface area contributed by atoms with Crippen LogP contribution in [0.5, 0.6) is 0 Å². The molecule has 1 fully saturated rings. The molecule has 2 aromatic rings. The molecule has 0 spiro atoms. The topological polar surface area (TPSA) is 70.2 Å². The molecule has 0 unspecified atom stereocenters. The standard InChI is InChI=1S/C19H20FN3O2/c20-14-6-4-10-17(12-14)21-18(24)13-5-3-9-16(11-13)23-19(25)22-15-7-1-2-8-15/h3-6,9-12,15H,1-2,7-8H2,(H,21,24)(H2,22,23,25). The van der Waals surface area contributed by atoms with E-state index in [0.717, 1.165) is 25.7 Å². The Hall–Kier alpha value is -2.89. The molecule has 3 amide bonds. The number of halogens is 1. The zero-order valence-electron chi connectivity index (χ0n) is 13.7. The summed E-state index contributed by atoms with van der Waals surface area (Å²) in [5.41, 5.74) is 1.28. The van der Waals surface area contributed by atoms with Gasteiger partial charge in [-0.15, -0.1) is 0 Å². The van der Waals surface area contributed by atoms with Crippen LogP contribution < -0.4 is 16.0 Å². The Balaban J connectivity index is 1.62. The first kappa shape index (κ1) is 17.0. The number of hydrogen-bond donors (Lipinski definition) is 3. The van der Waals surface area contributed by atoms with E-state index in [9.17, 15) is 14.0 Å². The van der Waals surface area contributed by atoms with Gasteiger partial charge in [0.15, 0.2) is 0 Å². The zero-order chi connectivity index (χ0) is 17.6. The second-order valence-electron chi connectivity index (χ2n) is 6.13. The van der Waals surface area contributed by atoms with Crippen LogP contribution in [0.3, 0.4) is 0 Å². The van der Waals surface area contributed by atoms with Gasteiger partial charge in [-0.1, -0.05) is 25.0 Å². The largest absolute Gasteiger partial charge is 0.335 e. The van der Waals surface area contributed by atoms with E-state index in [4.69, 9.17) is 0 Å². The Labute approximate surface area is 145 Å². The number of urea groups is 1. The molecule has 2 aromatic carbocycles. The van der Waals surface area contributed by atoms with Crippen LogP contribution in [0, 0.1) is 5.82 Å². The first-order chi connectivity index (χ1) is 12.1. The highest BCUT2D eigenvalue weighted by Crippen LogP contribution is 2.18. The number of anilines is 2. The van der Waals surface area contributed by atoms with Crippen LogP contribution in [0.1, 0.15) is 36.0 Å². The van der Waals surface area contributed by atoms with Crippen molar-refractivity contribution in [3.63, 3.8) is 0 Å². The quantitative estimate of drug-likeness (QED) is 0.782. The summed E-state index contributed by atoms with van der Waals surface area (Å²) in [6, 6.07) is 12.3. The third-order valence-corrected chi connectivity index (χ3v) is 4.16. The molecular formula is C19H20FN3O2. The van der Waals surface area contributed by atoms with Gasteiger partial charge >= 0.3 is 6.03 Å². The molecule has 0 aliphatic heterocycles. The fraction of sp³-hybridized carbons (Fsp3) is 0.263. The number of rotatable bonds is 4. The second-order valence-corrected chi connectivity index (χ2v) is 6.13. The smallest absolute Gasteiger partial charge is 0.319 e. The summed E-state index contributed by atoms with van der Waals surface area (Å²) in [5, 5.41) is 8.31. The van der Waals surface area contributed by atoms with Crippen molar-refractivity contribution in [2.24, 2.45) is 0 Å². The van der Waals surface area contributed by atoms with Crippen LogP contribution in [-0.2, 0) is 0 Å². The lowest BCUT2D eigenvalue weighted by molar-refractivity contribution is 0.102. The lowest BCUT2D eigenvalue weighted by Crippen LogP contribution is -2.36. The van der Waals surface area contributed by atoms with E-state index < -0.39 is 5.82 Å². The Morgan fingerprint density at radius 2 is 1.60 bits per heavy atom. The molecule has 5 nitrogen and oxygen atoms in total. The van der Waals surface area contributed by atoms with Crippen molar-refractivity contribution in [1.82, 2.24) is 5.32 Å². The van der Waals surface area contributed by atoms with E-state index in [2.05, 4.69) is 16.0 Å². The lowest BCUT2D eigenvalue weighted by Gasteiger charge is -2.13. The van der Waals surface area contributed by atoms with Gasteiger partial charge in [-0.05, 0) is 49.2 Å². The van der Waals surface area contributed by atoms with Crippen molar-refractivity contribution >= 4 is 23.3 Å². The molecule has 6 heteroatoms. The van der Waals surface area contributed by atoms with E-state index in [1.165, 1.54) is 18.2 Å². The first-order valence-corrected chi connectivity index (χ1v) is 8.35. The Kier molecular flexibility index (Phi) is 5.28. The van der Waals surface area contributed by atoms with Crippen molar-refractivity contribution in [1.29, 1.82) is 0 Å². The predicted octanol–water partition coefficient (Wildman–Crippen LogP) is 4.14. The van der Waals surface area contributed by atoms with Crippen LogP contribution in [-0.4, -0.2) is 18.0 Å². The minimum atomic E-state index is -0.420. The van der Waals surface area contributed by atoms with Crippen molar-refractivity contribution in [3.8, 4) is 0 Å². The van der Waals surface area contributed by atoms with Gasteiger partial charge in [0.2, 0.25) is 0 Å². The number of carbonyl (C=O) groups excluding carboxylic acids is 2. The zero-order valence-corrected chi connectivity index (χ0v) is 13.7. The summed E-state index contributed by atoms with van der Waals surface area (Å²) in [6.07, 6.45) is 4.29. The maximum Gasteiger partial charge on any atom is 0.319 e. The number of amides is 3. The number of benzene rings is 2. The highest BCUT2D eigenvalue weighted by Gasteiger charge is 2.17. The minimum absolute atomic E-state index is 0.222. The molecule has 3 rings (SSSR count). The molecular weight excluding hydrogens is 321 g/mol. The normalized spacial score (nSPS) is 14.1. The van der Waals surface area contributed by atoms with E-state index in [1.54, 1.807) is 30.3 Å². The van der Waals surface area contributed by atoms with Crippen LogP contribution in [0.2, 0.25) is 0 Å². The number of nitrogens with one attached hydrogen (secondary N) is 3. The molecule has 1 aliphatic rings. The molecule has 0 aromatic heterocycles. The summed E-state index contributed by atoms with van der Waals surface area (Å²) >= 11 is 0. The SMILES string of the molecule is O=C(Nc1cccc(C(=O)Nc2cccc(F)c2)c1)NC1CCCC1. The summed E-state index contributed by atoms with van der Waals surface area (Å²) in [7, 11) is 0. The Morgan fingerprint density at radius 1 is 0.920 bits per heavy atom. The number of hydrogen-bond acceptors (Lipinski definition) is 2. The van der Waals surface area contributed by atoms with Crippen molar-refractivity contribution in [3.05, 3.63) is 59.9 Å². The molecule has 3 N–H and O–H groups in total. The predicted molar refractivity (Wildman–Crippen MR) is 95.2 cm³/mol. The molecule has 25 heavy (non-hydrogen) atoms. The molecule has 0 atom stereocenters. The third kappa shape index (κ3) is 4.79. The summed E-state index contributed by atoms with van der Waals surface area (Å²) in [5.74, 6) is -0.790. The third-order valence-electron chi connectivity index (χ3n) is 4.16. The average molecular weight is 341 g/mol. The van der Waals surface area contributed by atoms with Crippen LogP contribution >= 0.6 is 0 Å². The van der Waals surface area contributed by atoms with Crippen LogP contribution in [0.15, 0.2) is 48.5 Å². The van der Waals surface area contributed by atoms with E-state index in [-0.39, 0.29) is 18.0 Å². The van der Waals surface area contributed by atoms with Gasteiger partial charge in [0.25, 0.3) is 5.91 Å². The summed E-state index contributed by atoms with van der Waals surface area (Å²) < 4.78 is 13.2. The summed E-state index contributed by atoms with van der Waals surface area (Å²) in [4.78, 5) is 24.3. The molecule has 1 aliphatic carbocycles. The Bertz CT molecular complexity index is 773. The van der Waals surface area contributed by atoms with Gasteiger partial charge in [-0.25, -0.2) is 9.18 Å². The van der Waals surface area contributed by atoms with Gasteiger partial charge < -0.3 is 16.0 Å². The van der Waals surface area contributed by atoms with Gasteiger partial charge in [0.05, 0.1) is 0 Å². The maximum atomic E-state index is 13.2. The van der Waals surface area contributed by atoms with E-state index >= 15 is 0 Å². The average Bonchev–Trinajstić information content (AvgIpc) is 3.08. The minimum Gasteiger partial charge on any atom is -0.335 e. The molecule has 0 saturated heterocycles. The molecule has 130 valence electrons. The molecule has 0 heterocycles. The van der Waals surface area contributed by atoms with Gasteiger partial charge in [0, 0.05) is 23.0 Å². The molecule has 0 radical (unpaired) electrons. The van der Waals surface area contributed by atoms with Crippen LogP contribution in [0.25, 0.3) is 0 Å². The van der Waals surface area contributed by atoms with Crippen molar-refractivity contribution < 1.29 is 14.0 Å². The van der Waals surface area contributed by atoms with Crippen LogP contribution in [0.4, 0.5) is 20.6 Å². The van der Waals surface area contributed by atoms with Crippen molar-refractivity contribution in [2.75, 3.05) is 10.6 Å². The van der Waals surface area contributed by atoms with E-state index in [0.29, 0.717) is 16.9 Å².